The fraction of sp³-hybridized carbons (Fsp3) is 0.800. The fourth-order valence-corrected chi connectivity index (χ4v) is 1.08. The number of hydrogen-bond acceptors (Lipinski definition) is 5. The molecule has 0 unspecified atom stereocenters. The Morgan fingerprint density at radius 1 is 1.07 bits per heavy atom. The number of methoxy groups -OCH3 is 1. The maximum atomic E-state index is 11.5. The molecule has 5 nitrogen and oxygen atoms in total. The van der Waals surface area contributed by atoms with E-state index in [0.29, 0.717) is 0 Å². The van der Waals surface area contributed by atoms with Gasteiger partial charge in [0, 0.05) is 7.11 Å². The van der Waals surface area contributed by atoms with Crippen molar-refractivity contribution in [3.8, 4) is 0 Å². The molecule has 0 saturated carbocycles. The number of esters is 2. The number of hydrogen-bond donors (Lipinski definition) is 0. The van der Waals surface area contributed by atoms with Crippen molar-refractivity contribution in [1.29, 1.82) is 0 Å². The summed E-state index contributed by atoms with van der Waals surface area (Å²) in [5.74, 6) is -2.22. The molecule has 0 aliphatic heterocycles. The Hall–Kier alpha value is -1.10. The van der Waals surface area contributed by atoms with Crippen molar-refractivity contribution in [3.05, 3.63) is 0 Å². The first-order chi connectivity index (χ1) is 7.08. The molecule has 0 aliphatic carbocycles. The summed E-state index contributed by atoms with van der Waals surface area (Å²) >= 11 is 0. The van der Waals surface area contributed by atoms with Gasteiger partial charge in [-0.15, -0.1) is 0 Å². The molecule has 0 heterocycles. The molecule has 0 radical (unpaired) electrons. The molecule has 0 rings (SSSR count). The third-order valence-electron chi connectivity index (χ3n) is 1.92. The molecule has 0 spiro atoms. The minimum absolute atomic E-state index is 0.227. The van der Waals surface area contributed by atoms with Crippen LogP contribution in [0.5, 0.6) is 0 Å². The van der Waals surface area contributed by atoms with Crippen LogP contribution in [0.4, 0.5) is 0 Å². The summed E-state index contributed by atoms with van der Waals surface area (Å²) in [6.45, 7) is 5.43. The van der Waals surface area contributed by atoms with Gasteiger partial charge >= 0.3 is 11.9 Å². The summed E-state index contributed by atoms with van der Waals surface area (Å²) in [5.41, 5.74) is 0. The molecular formula is C10H18O5. The lowest BCUT2D eigenvalue weighted by Gasteiger charge is -2.19. The van der Waals surface area contributed by atoms with Crippen LogP contribution in [-0.2, 0) is 23.8 Å². The number of carbonyl (C=O) groups excluding carboxylic acids is 2. The average molecular weight is 218 g/mol. The van der Waals surface area contributed by atoms with E-state index in [-0.39, 0.29) is 13.2 Å². The van der Waals surface area contributed by atoms with Gasteiger partial charge in [-0.3, -0.25) is 9.59 Å². The average Bonchev–Trinajstić information content (AvgIpc) is 2.18. The van der Waals surface area contributed by atoms with Crippen LogP contribution in [0.3, 0.4) is 0 Å². The Morgan fingerprint density at radius 3 is 1.73 bits per heavy atom. The van der Waals surface area contributed by atoms with E-state index in [1.807, 2.05) is 0 Å². The van der Waals surface area contributed by atoms with Crippen molar-refractivity contribution in [2.75, 3.05) is 20.3 Å². The molecule has 0 aliphatic rings. The van der Waals surface area contributed by atoms with Gasteiger partial charge in [0.25, 0.3) is 0 Å². The van der Waals surface area contributed by atoms with Crippen molar-refractivity contribution in [2.24, 2.45) is 5.92 Å². The normalized spacial score (nSPS) is 12.3. The van der Waals surface area contributed by atoms with Gasteiger partial charge < -0.3 is 14.2 Å². The highest BCUT2D eigenvalue weighted by molar-refractivity contribution is 5.95. The minimum Gasteiger partial charge on any atom is -0.465 e. The van der Waals surface area contributed by atoms with E-state index in [0.717, 1.165) is 0 Å². The lowest BCUT2D eigenvalue weighted by atomic mass is 10.0. The second-order valence-corrected chi connectivity index (χ2v) is 2.92. The summed E-state index contributed by atoms with van der Waals surface area (Å²) in [6.07, 6.45) is -0.553. The van der Waals surface area contributed by atoms with E-state index in [4.69, 9.17) is 14.2 Å². The van der Waals surface area contributed by atoms with Crippen molar-refractivity contribution in [3.63, 3.8) is 0 Å². The van der Waals surface area contributed by atoms with Crippen molar-refractivity contribution >= 4 is 11.9 Å². The lowest BCUT2D eigenvalue weighted by molar-refractivity contribution is -0.167. The van der Waals surface area contributed by atoms with Crippen LogP contribution < -0.4 is 0 Å². The summed E-state index contributed by atoms with van der Waals surface area (Å²) in [6, 6.07) is 0. The van der Waals surface area contributed by atoms with Crippen LogP contribution in [0.25, 0.3) is 0 Å². The number of ether oxygens (including phenoxy) is 3. The topological polar surface area (TPSA) is 61.8 Å². The molecule has 1 atom stereocenters. The zero-order valence-electron chi connectivity index (χ0n) is 9.61. The molecule has 15 heavy (non-hydrogen) atoms. The minimum atomic E-state index is -1.00. The van der Waals surface area contributed by atoms with Gasteiger partial charge in [-0.1, -0.05) is 0 Å². The molecule has 0 fully saturated rings. The Kier molecular flexibility index (Phi) is 6.70. The van der Waals surface area contributed by atoms with E-state index < -0.39 is 24.0 Å². The van der Waals surface area contributed by atoms with Crippen LogP contribution in [0.2, 0.25) is 0 Å². The van der Waals surface area contributed by atoms with E-state index in [1.165, 1.54) is 7.11 Å². The Balaban J connectivity index is 4.56. The Labute approximate surface area is 89.7 Å². The van der Waals surface area contributed by atoms with Gasteiger partial charge in [0.1, 0.15) is 0 Å². The van der Waals surface area contributed by atoms with E-state index in [9.17, 15) is 9.59 Å². The first-order valence-corrected chi connectivity index (χ1v) is 4.94. The zero-order chi connectivity index (χ0) is 11.8. The summed E-state index contributed by atoms with van der Waals surface area (Å²) in [7, 11) is 1.43. The molecule has 0 bridgehead atoms. The molecule has 88 valence electrons. The largest absolute Gasteiger partial charge is 0.465 e. The van der Waals surface area contributed by atoms with Crippen molar-refractivity contribution in [1.82, 2.24) is 0 Å². The Bertz CT molecular complexity index is 196. The van der Waals surface area contributed by atoms with Crippen LogP contribution >= 0.6 is 0 Å². The monoisotopic (exact) mass is 218 g/mol. The highest BCUT2D eigenvalue weighted by Crippen LogP contribution is 2.11. The number of carbonyl (C=O) groups is 2. The third kappa shape index (κ3) is 4.29. The lowest BCUT2D eigenvalue weighted by Crippen LogP contribution is -2.37. The first kappa shape index (κ1) is 13.9. The van der Waals surface area contributed by atoms with Gasteiger partial charge in [0.05, 0.1) is 19.3 Å². The Morgan fingerprint density at radius 2 is 1.47 bits per heavy atom. The SMILES string of the molecule is CCOC(=O)C(C(=O)OCC)[C@@H](C)OC. The van der Waals surface area contributed by atoms with Gasteiger partial charge in [0.2, 0.25) is 0 Å². The predicted octanol–water partition coefficient (Wildman–Crippen LogP) is 0.764. The molecule has 5 heteroatoms. The quantitative estimate of drug-likeness (QED) is 0.486. The van der Waals surface area contributed by atoms with Gasteiger partial charge in [-0.2, -0.15) is 0 Å². The van der Waals surface area contributed by atoms with Crippen molar-refractivity contribution in [2.45, 2.75) is 26.9 Å². The van der Waals surface area contributed by atoms with E-state index >= 15 is 0 Å². The second-order valence-electron chi connectivity index (χ2n) is 2.92. The predicted molar refractivity (Wildman–Crippen MR) is 53.2 cm³/mol. The van der Waals surface area contributed by atoms with Gasteiger partial charge in [-0.05, 0) is 20.8 Å². The molecule has 0 aromatic rings. The van der Waals surface area contributed by atoms with Crippen LogP contribution in [0, 0.1) is 5.92 Å². The molecule has 0 aromatic carbocycles. The van der Waals surface area contributed by atoms with E-state index in [2.05, 4.69) is 0 Å². The van der Waals surface area contributed by atoms with E-state index in [1.54, 1.807) is 20.8 Å². The van der Waals surface area contributed by atoms with Crippen molar-refractivity contribution < 1.29 is 23.8 Å². The molecule has 0 aromatic heterocycles. The standard InChI is InChI=1S/C10H18O5/c1-5-14-9(11)8(7(3)13-4)10(12)15-6-2/h7-8H,5-6H2,1-4H3/t7-/m1/s1. The second kappa shape index (κ2) is 7.23. The highest BCUT2D eigenvalue weighted by atomic mass is 16.6. The molecule has 0 N–H and O–H groups in total. The van der Waals surface area contributed by atoms with Gasteiger partial charge in [-0.25, -0.2) is 0 Å². The molecule has 0 saturated heterocycles. The maximum Gasteiger partial charge on any atom is 0.323 e. The third-order valence-corrected chi connectivity index (χ3v) is 1.92. The summed E-state index contributed by atoms with van der Waals surface area (Å²) < 4.78 is 14.5. The van der Waals surface area contributed by atoms with Crippen LogP contribution in [0.1, 0.15) is 20.8 Å². The van der Waals surface area contributed by atoms with Crippen LogP contribution in [0.15, 0.2) is 0 Å². The number of rotatable bonds is 6. The smallest absolute Gasteiger partial charge is 0.323 e. The summed E-state index contributed by atoms with van der Waals surface area (Å²) in [4.78, 5) is 22.9. The fourth-order valence-electron chi connectivity index (χ4n) is 1.08. The van der Waals surface area contributed by atoms with Gasteiger partial charge in [0.15, 0.2) is 5.92 Å². The molecular weight excluding hydrogens is 200 g/mol. The summed E-state index contributed by atoms with van der Waals surface area (Å²) in [5, 5.41) is 0. The highest BCUT2D eigenvalue weighted by Gasteiger charge is 2.35. The first-order valence-electron chi connectivity index (χ1n) is 4.94. The zero-order valence-corrected chi connectivity index (χ0v) is 9.61. The molecule has 0 amide bonds. The maximum absolute atomic E-state index is 11.5. The van der Waals surface area contributed by atoms with Crippen LogP contribution in [-0.4, -0.2) is 38.4 Å².